The third-order valence-corrected chi connectivity index (χ3v) is 2.03. The SMILES string of the molecule is CCC(=O)NC(COC(C)C)COC(C)(C)C. The van der Waals surface area contributed by atoms with Gasteiger partial charge < -0.3 is 14.8 Å². The number of nitrogens with one attached hydrogen (secondary N) is 1. The monoisotopic (exact) mass is 245 g/mol. The molecule has 0 aromatic carbocycles. The maximum absolute atomic E-state index is 11.4. The highest BCUT2D eigenvalue weighted by atomic mass is 16.5. The summed E-state index contributed by atoms with van der Waals surface area (Å²) in [6.45, 7) is 12.7. The Labute approximate surface area is 105 Å². The summed E-state index contributed by atoms with van der Waals surface area (Å²) in [6.07, 6.45) is 0.638. The van der Waals surface area contributed by atoms with E-state index in [-0.39, 0.29) is 23.7 Å². The molecule has 0 saturated heterocycles. The van der Waals surface area contributed by atoms with E-state index in [0.29, 0.717) is 19.6 Å². The molecule has 0 saturated carbocycles. The van der Waals surface area contributed by atoms with Crippen LogP contribution in [-0.2, 0) is 14.3 Å². The fraction of sp³-hybridized carbons (Fsp3) is 0.923. The average Bonchev–Trinajstić information content (AvgIpc) is 2.20. The summed E-state index contributed by atoms with van der Waals surface area (Å²) in [4.78, 5) is 11.4. The normalized spacial score (nSPS) is 13.8. The lowest BCUT2D eigenvalue weighted by molar-refractivity contribution is -0.123. The third-order valence-electron chi connectivity index (χ3n) is 2.03. The zero-order chi connectivity index (χ0) is 13.5. The van der Waals surface area contributed by atoms with Crippen molar-refractivity contribution in [1.29, 1.82) is 0 Å². The van der Waals surface area contributed by atoms with Gasteiger partial charge in [0.25, 0.3) is 0 Å². The Balaban J connectivity index is 4.15. The highest BCUT2D eigenvalue weighted by molar-refractivity contribution is 5.75. The number of hydrogen-bond donors (Lipinski definition) is 1. The second kappa shape index (κ2) is 7.67. The number of ether oxygens (including phenoxy) is 2. The number of carbonyl (C=O) groups excluding carboxylic acids is 1. The highest BCUT2D eigenvalue weighted by Crippen LogP contribution is 2.07. The quantitative estimate of drug-likeness (QED) is 0.747. The molecule has 4 heteroatoms. The molecule has 0 fully saturated rings. The molecule has 102 valence electrons. The van der Waals surface area contributed by atoms with Crippen molar-refractivity contribution < 1.29 is 14.3 Å². The number of hydrogen-bond acceptors (Lipinski definition) is 3. The maximum atomic E-state index is 11.4. The first-order valence-corrected chi connectivity index (χ1v) is 6.29. The second-order valence-electron chi connectivity index (χ2n) is 5.42. The summed E-state index contributed by atoms with van der Waals surface area (Å²) >= 11 is 0. The van der Waals surface area contributed by atoms with Gasteiger partial charge in [-0.3, -0.25) is 4.79 Å². The van der Waals surface area contributed by atoms with Gasteiger partial charge in [0.05, 0.1) is 31.0 Å². The third kappa shape index (κ3) is 10.3. The van der Waals surface area contributed by atoms with Gasteiger partial charge in [-0.05, 0) is 34.6 Å². The van der Waals surface area contributed by atoms with Gasteiger partial charge in [-0.15, -0.1) is 0 Å². The van der Waals surface area contributed by atoms with Crippen molar-refractivity contribution in [3.63, 3.8) is 0 Å². The van der Waals surface area contributed by atoms with Crippen LogP contribution in [0.4, 0.5) is 0 Å². The average molecular weight is 245 g/mol. The van der Waals surface area contributed by atoms with Gasteiger partial charge >= 0.3 is 0 Å². The molecule has 0 rings (SSSR count). The van der Waals surface area contributed by atoms with Crippen LogP contribution in [0, 0.1) is 0 Å². The highest BCUT2D eigenvalue weighted by Gasteiger charge is 2.17. The Morgan fingerprint density at radius 2 is 1.82 bits per heavy atom. The fourth-order valence-electron chi connectivity index (χ4n) is 1.12. The van der Waals surface area contributed by atoms with Gasteiger partial charge in [-0.25, -0.2) is 0 Å². The molecule has 0 heterocycles. The largest absolute Gasteiger partial charge is 0.377 e. The van der Waals surface area contributed by atoms with E-state index in [0.717, 1.165) is 0 Å². The van der Waals surface area contributed by atoms with Crippen molar-refractivity contribution in [2.75, 3.05) is 13.2 Å². The van der Waals surface area contributed by atoms with Crippen molar-refractivity contribution in [3.8, 4) is 0 Å². The lowest BCUT2D eigenvalue weighted by Crippen LogP contribution is -2.43. The Morgan fingerprint density at radius 1 is 1.24 bits per heavy atom. The van der Waals surface area contributed by atoms with Crippen LogP contribution in [0.25, 0.3) is 0 Å². The van der Waals surface area contributed by atoms with E-state index in [1.165, 1.54) is 0 Å². The standard InChI is InChI=1S/C13H27NO3/c1-7-12(15)14-11(8-16-10(2)3)9-17-13(4,5)6/h10-11H,7-9H2,1-6H3,(H,14,15). The molecule has 0 aliphatic carbocycles. The van der Waals surface area contributed by atoms with Crippen LogP contribution in [0.3, 0.4) is 0 Å². The Kier molecular flexibility index (Phi) is 7.39. The maximum Gasteiger partial charge on any atom is 0.220 e. The van der Waals surface area contributed by atoms with Crippen molar-refractivity contribution in [2.45, 2.75) is 65.7 Å². The zero-order valence-electron chi connectivity index (χ0n) is 12.0. The molecule has 4 nitrogen and oxygen atoms in total. The number of amides is 1. The van der Waals surface area contributed by atoms with Crippen LogP contribution in [0.5, 0.6) is 0 Å². The molecule has 0 aromatic rings. The van der Waals surface area contributed by atoms with Gasteiger partial charge in [0, 0.05) is 6.42 Å². The van der Waals surface area contributed by atoms with Crippen LogP contribution in [0.2, 0.25) is 0 Å². The van der Waals surface area contributed by atoms with E-state index in [2.05, 4.69) is 5.32 Å². The van der Waals surface area contributed by atoms with E-state index in [1.54, 1.807) is 0 Å². The summed E-state index contributed by atoms with van der Waals surface area (Å²) in [5.74, 6) is 0.0277. The van der Waals surface area contributed by atoms with Gasteiger partial charge in [0.2, 0.25) is 5.91 Å². The molecule has 0 aromatic heterocycles. The van der Waals surface area contributed by atoms with Crippen LogP contribution >= 0.6 is 0 Å². The van der Waals surface area contributed by atoms with Crippen molar-refractivity contribution in [2.24, 2.45) is 0 Å². The predicted octanol–water partition coefficient (Wildman–Crippen LogP) is 2.12. The van der Waals surface area contributed by atoms with Crippen molar-refractivity contribution in [3.05, 3.63) is 0 Å². The van der Waals surface area contributed by atoms with Crippen LogP contribution in [0.1, 0.15) is 48.0 Å². The second-order valence-corrected chi connectivity index (χ2v) is 5.42. The van der Waals surface area contributed by atoms with E-state index >= 15 is 0 Å². The Bertz CT molecular complexity index is 221. The smallest absolute Gasteiger partial charge is 0.220 e. The van der Waals surface area contributed by atoms with Gasteiger partial charge in [-0.2, -0.15) is 0 Å². The summed E-state index contributed by atoms with van der Waals surface area (Å²) < 4.78 is 11.2. The summed E-state index contributed by atoms with van der Waals surface area (Å²) in [6, 6.07) is -0.0796. The Morgan fingerprint density at radius 3 is 2.24 bits per heavy atom. The minimum Gasteiger partial charge on any atom is -0.377 e. The van der Waals surface area contributed by atoms with Crippen LogP contribution in [-0.4, -0.2) is 36.9 Å². The lowest BCUT2D eigenvalue weighted by atomic mass is 10.2. The molecule has 0 aliphatic rings. The molecular weight excluding hydrogens is 218 g/mol. The van der Waals surface area contributed by atoms with Crippen LogP contribution < -0.4 is 5.32 Å². The minimum absolute atomic E-state index is 0.0277. The summed E-state index contributed by atoms with van der Waals surface area (Å²) in [5.41, 5.74) is -0.201. The fourth-order valence-corrected chi connectivity index (χ4v) is 1.12. The lowest BCUT2D eigenvalue weighted by Gasteiger charge is -2.25. The molecule has 0 spiro atoms. The summed E-state index contributed by atoms with van der Waals surface area (Å²) in [7, 11) is 0. The topological polar surface area (TPSA) is 47.6 Å². The number of carbonyl (C=O) groups is 1. The summed E-state index contributed by atoms with van der Waals surface area (Å²) in [5, 5.41) is 2.91. The molecule has 0 bridgehead atoms. The predicted molar refractivity (Wildman–Crippen MR) is 69.0 cm³/mol. The molecule has 1 amide bonds. The zero-order valence-corrected chi connectivity index (χ0v) is 12.0. The molecule has 0 aliphatic heterocycles. The van der Waals surface area contributed by atoms with E-state index in [9.17, 15) is 4.79 Å². The van der Waals surface area contributed by atoms with Gasteiger partial charge in [0.15, 0.2) is 0 Å². The number of rotatable bonds is 7. The molecular formula is C13H27NO3. The first kappa shape index (κ1) is 16.4. The molecule has 0 radical (unpaired) electrons. The van der Waals surface area contributed by atoms with E-state index in [4.69, 9.17) is 9.47 Å². The first-order chi connectivity index (χ1) is 7.74. The van der Waals surface area contributed by atoms with Gasteiger partial charge in [0.1, 0.15) is 0 Å². The molecule has 1 unspecified atom stereocenters. The first-order valence-electron chi connectivity index (χ1n) is 6.29. The van der Waals surface area contributed by atoms with Crippen LogP contribution in [0.15, 0.2) is 0 Å². The van der Waals surface area contributed by atoms with Gasteiger partial charge in [-0.1, -0.05) is 6.92 Å². The molecule has 1 atom stereocenters. The van der Waals surface area contributed by atoms with Crippen molar-refractivity contribution in [1.82, 2.24) is 5.32 Å². The molecule has 1 N–H and O–H groups in total. The van der Waals surface area contributed by atoms with Crippen molar-refractivity contribution >= 4 is 5.91 Å². The van der Waals surface area contributed by atoms with E-state index in [1.807, 2.05) is 41.5 Å². The molecule has 17 heavy (non-hydrogen) atoms. The minimum atomic E-state index is -0.201. The Hall–Kier alpha value is -0.610. The van der Waals surface area contributed by atoms with E-state index < -0.39 is 0 Å².